The lowest BCUT2D eigenvalue weighted by molar-refractivity contribution is -0.144. The van der Waals surface area contributed by atoms with Crippen molar-refractivity contribution in [1.82, 2.24) is 9.88 Å². The van der Waals surface area contributed by atoms with Gasteiger partial charge in [0.2, 0.25) is 0 Å². The molecule has 1 saturated heterocycles. The first kappa shape index (κ1) is 40.4. The highest BCUT2D eigenvalue weighted by molar-refractivity contribution is 5.93. The summed E-state index contributed by atoms with van der Waals surface area (Å²) in [7, 11) is 0. The Morgan fingerprint density at radius 1 is 1.00 bits per heavy atom. The highest BCUT2D eigenvalue weighted by Gasteiger charge is 2.27. The second-order valence-electron chi connectivity index (χ2n) is 14.2. The Morgan fingerprint density at radius 3 is 2.65 bits per heavy atom. The molecular formula is C45H55F2N3O4. The fourth-order valence-electron chi connectivity index (χ4n) is 6.80. The van der Waals surface area contributed by atoms with Crippen molar-refractivity contribution in [2.75, 3.05) is 38.2 Å². The minimum absolute atomic E-state index is 0.161. The van der Waals surface area contributed by atoms with Gasteiger partial charge in [-0.1, -0.05) is 73.5 Å². The van der Waals surface area contributed by atoms with Crippen LogP contribution in [0.5, 0.6) is 11.5 Å². The molecule has 1 atom stereocenters. The van der Waals surface area contributed by atoms with Crippen LogP contribution in [0.2, 0.25) is 0 Å². The number of anilines is 1. The van der Waals surface area contributed by atoms with Crippen molar-refractivity contribution >= 4 is 22.4 Å². The van der Waals surface area contributed by atoms with Crippen molar-refractivity contribution in [3.8, 4) is 11.5 Å². The van der Waals surface area contributed by atoms with Crippen molar-refractivity contribution in [3.05, 3.63) is 121 Å². The molecule has 4 aromatic rings. The number of carbonyl (C=O) groups excluding carboxylic acids is 1. The van der Waals surface area contributed by atoms with Crippen LogP contribution in [0, 0.1) is 12.8 Å². The van der Waals surface area contributed by atoms with Gasteiger partial charge in [0.25, 0.3) is 5.92 Å². The van der Waals surface area contributed by atoms with Gasteiger partial charge in [-0.2, -0.15) is 8.78 Å². The summed E-state index contributed by atoms with van der Waals surface area (Å²) < 4.78 is 43.4. The zero-order valence-electron chi connectivity index (χ0n) is 31.7. The number of pyridine rings is 1. The summed E-state index contributed by atoms with van der Waals surface area (Å²) in [6.45, 7) is 7.00. The monoisotopic (exact) mass is 739 g/mol. The summed E-state index contributed by atoms with van der Waals surface area (Å²) in [5.41, 5.74) is 3.49. The average Bonchev–Trinajstić information content (AvgIpc) is 3.88. The van der Waals surface area contributed by atoms with Crippen molar-refractivity contribution < 1.29 is 27.8 Å². The molecule has 1 aliphatic carbocycles. The first-order chi connectivity index (χ1) is 26.3. The van der Waals surface area contributed by atoms with Crippen LogP contribution < -0.4 is 14.8 Å². The molecule has 9 heteroatoms. The molecule has 6 rings (SSSR count). The molecule has 288 valence electrons. The van der Waals surface area contributed by atoms with Crippen molar-refractivity contribution in [1.29, 1.82) is 0 Å². The van der Waals surface area contributed by atoms with Gasteiger partial charge in [0, 0.05) is 61.0 Å². The summed E-state index contributed by atoms with van der Waals surface area (Å²) in [4.78, 5) is 18.5. The predicted octanol–water partition coefficient (Wildman–Crippen LogP) is 10.3. The highest BCUT2D eigenvalue weighted by Crippen LogP contribution is 2.29. The second kappa shape index (κ2) is 21.2. The summed E-state index contributed by atoms with van der Waals surface area (Å²) >= 11 is 0. The van der Waals surface area contributed by atoms with Gasteiger partial charge in [-0.3, -0.25) is 14.7 Å². The zero-order chi connectivity index (χ0) is 38.0. The molecule has 0 unspecified atom stereocenters. The molecule has 7 nitrogen and oxygen atoms in total. The maximum absolute atomic E-state index is 13.6. The number of likely N-dealkylation sites (tertiary alicyclic amines) is 1. The number of aromatic nitrogens is 1. The number of hydrogen-bond acceptors (Lipinski definition) is 7. The number of nitrogens with one attached hydrogen (secondary N) is 1. The summed E-state index contributed by atoms with van der Waals surface area (Å²) in [5, 5.41) is 6.11. The van der Waals surface area contributed by atoms with Gasteiger partial charge in [0.05, 0.1) is 0 Å². The van der Waals surface area contributed by atoms with E-state index in [1.54, 1.807) is 30.3 Å². The lowest BCUT2D eigenvalue weighted by atomic mass is 10.1. The van der Waals surface area contributed by atoms with Crippen LogP contribution in [0.25, 0.3) is 10.8 Å². The number of ether oxygens (including phenoxy) is 3. The number of benzene rings is 3. The molecule has 1 saturated carbocycles. The zero-order valence-corrected chi connectivity index (χ0v) is 31.7. The molecule has 1 N–H and O–H groups in total. The average molecular weight is 740 g/mol. The molecule has 54 heavy (non-hydrogen) atoms. The number of allylic oxidation sites excluding steroid dienone is 3. The Kier molecular flexibility index (Phi) is 15.9. The van der Waals surface area contributed by atoms with Gasteiger partial charge in [0.15, 0.2) is 6.61 Å². The quantitative estimate of drug-likeness (QED) is 0.0657. The van der Waals surface area contributed by atoms with E-state index in [0.29, 0.717) is 30.7 Å². The van der Waals surface area contributed by atoms with E-state index in [0.717, 1.165) is 87.4 Å². The van der Waals surface area contributed by atoms with E-state index < -0.39 is 12.5 Å². The molecule has 2 aliphatic rings. The van der Waals surface area contributed by atoms with Crippen LogP contribution in [0.1, 0.15) is 69.4 Å². The molecule has 1 aliphatic heterocycles. The fourth-order valence-corrected chi connectivity index (χ4v) is 6.80. The molecule has 0 spiro atoms. The van der Waals surface area contributed by atoms with E-state index in [2.05, 4.69) is 63.7 Å². The highest BCUT2D eigenvalue weighted by atomic mass is 19.3. The number of rotatable bonds is 17. The molecule has 0 bridgehead atoms. The van der Waals surface area contributed by atoms with Gasteiger partial charge < -0.3 is 19.5 Å². The lowest BCUT2D eigenvalue weighted by Crippen LogP contribution is -2.26. The third kappa shape index (κ3) is 13.6. The standard InChI is InChI=1S/C30H37N3O3.C15H18F2O/c1-3-4-5-6-10-30(34)36-18-17-35-29-19-24(12-11-23(29)2)21-33-16-14-26(22-33)32-28-9-7-8-25-20-31-15-13-27(25)28;16-15(17,11-10-13-6-4-5-7-13)12-18-14-8-2-1-3-9-14/h3-4,7-9,11-13,15,19-20,26,32H,5-6,10,14,16-18,21-22H2,1-2H3;1-3,8-11,13H,4-7,12H2/b4-3-;11-10+/t26-;/m1./s1. The molecule has 0 amide bonds. The number of nitrogens with zero attached hydrogens (tertiary/aromatic N) is 2. The number of carbonyl (C=O) groups is 1. The Hall–Kier alpha value is -4.76. The van der Waals surface area contributed by atoms with Crippen LogP contribution in [0.15, 0.2) is 109 Å². The minimum atomic E-state index is -2.89. The maximum Gasteiger partial charge on any atom is 0.305 e. The molecule has 2 fully saturated rings. The van der Waals surface area contributed by atoms with Crippen LogP contribution in [0.3, 0.4) is 0 Å². The first-order valence-corrected chi connectivity index (χ1v) is 19.3. The third-order valence-corrected chi connectivity index (χ3v) is 9.75. The lowest BCUT2D eigenvalue weighted by Gasteiger charge is -2.19. The fraction of sp³-hybridized carbons (Fsp3) is 0.422. The second-order valence-corrected chi connectivity index (χ2v) is 14.2. The van der Waals surface area contributed by atoms with Gasteiger partial charge >= 0.3 is 5.97 Å². The van der Waals surface area contributed by atoms with E-state index in [-0.39, 0.29) is 12.6 Å². The molecule has 0 radical (unpaired) electrons. The van der Waals surface area contributed by atoms with Gasteiger partial charge in [-0.05, 0) is 99.4 Å². The Labute approximate surface area is 319 Å². The number of unbranched alkanes of at least 4 members (excludes halogenated alkanes) is 1. The number of esters is 1. The number of para-hydroxylation sites is 1. The van der Waals surface area contributed by atoms with Crippen LogP contribution in [-0.4, -0.2) is 60.7 Å². The molecule has 3 aromatic carbocycles. The van der Waals surface area contributed by atoms with E-state index >= 15 is 0 Å². The van der Waals surface area contributed by atoms with E-state index in [1.807, 2.05) is 38.4 Å². The van der Waals surface area contributed by atoms with E-state index in [4.69, 9.17) is 14.2 Å². The first-order valence-electron chi connectivity index (χ1n) is 19.3. The van der Waals surface area contributed by atoms with Crippen molar-refractivity contribution in [3.63, 3.8) is 0 Å². The van der Waals surface area contributed by atoms with Crippen LogP contribution in [-0.2, 0) is 16.1 Å². The number of aryl methyl sites for hydroxylation is 1. The Bertz CT molecular complexity index is 1790. The number of fused-ring (bicyclic) bond motifs is 1. The van der Waals surface area contributed by atoms with Crippen molar-refractivity contribution in [2.24, 2.45) is 5.92 Å². The molecule has 2 heterocycles. The SMILES string of the molecule is C/C=C\CCCC(=O)OCCOc1cc(CN2CC[C@@H](Nc3cccc4cnccc34)C2)ccc1C.FC(F)(/C=C/C1CCCC1)COc1ccccc1. The Morgan fingerprint density at radius 2 is 1.83 bits per heavy atom. The van der Waals surface area contributed by atoms with E-state index in [9.17, 15) is 13.6 Å². The van der Waals surface area contributed by atoms with Gasteiger partial charge in [-0.15, -0.1) is 0 Å². The maximum atomic E-state index is 13.6. The summed E-state index contributed by atoms with van der Waals surface area (Å²) in [5.74, 6) is -1.39. The minimum Gasteiger partial charge on any atom is -0.490 e. The summed E-state index contributed by atoms with van der Waals surface area (Å²) in [6, 6.07) is 23.9. The smallest absolute Gasteiger partial charge is 0.305 e. The largest absolute Gasteiger partial charge is 0.490 e. The normalized spacial score (nSPS) is 16.5. The number of hydrogen-bond donors (Lipinski definition) is 1. The van der Waals surface area contributed by atoms with Gasteiger partial charge in [0.1, 0.15) is 24.7 Å². The van der Waals surface area contributed by atoms with Crippen molar-refractivity contribution in [2.45, 2.75) is 83.7 Å². The van der Waals surface area contributed by atoms with E-state index in [1.165, 1.54) is 16.6 Å². The third-order valence-electron chi connectivity index (χ3n) is 9.75. The molecule has 1 aromatic heterocycles. The number of alkyl halides is 2. The van der Waals surface area contributed by atoms with Crippen LogP contribution >= 0.6 is 0 Å². The topological polar surface area (TPSA) is 72.9 Å². The number of halogens is 2. The van der Waals surface area contributed by atoms with Crippen LogP contribution in [0.4, 0.5) is 14.5 Å². The Balaban J connectivity index is 0.000000260. The summed E-state index contributed by atoms with van der Waals surface area (Å²) in [6.07, 6.45) is 18.1. The predicted molar refractivity (Wildman–Crippen MR) is 213 cm³/mol. The van der Waals surface area contributed by atoms with Gasteiger partial charge in [-0.25, -0.2) is 0 Å². The molecular weight excluding hydrogens is 685 g/mol.